The van der Waals surface area contributed by atoms with Crippen molar-refractivity contribution in [1.29, 1.82) is 0 Å². The number of hydrogen-bond acceptors (Lipinski definition) is 4. The predicted molar refractivity (Wildman–Crippen MR) is 86.4 cm³/mol. The Morgan fingerprint density at radius 1 is 1.48 bits per heavy atom. The molecule has 1 aliphatic heterocycles. The molecular formula is C16H21N3OS. The molecule has 0 spiro atoms. The fraction of sp³-hybridized carbons (Fsp3) is 0.500. The molecule has 2 aromatic heterocycles. The Balaban J connectivity index is 1.61. The Bertz CT molecular complexity index is 631. The molecule has 1 aliphatic rings. The Labute approximate surface area is 129 Å². The van der Waals surface area contributed by atoms with E-state index >= 15 is 0 Å². The first kappa shape index (κ1) is 14.5. The Hall–Kier alpha value is -1.46. The third-order valence-corrected chi connectivity index (χ3v) is 5.10. The molecule has 1 saturated heterocycles. The summed E-state index contributed by atoms with van der Waals surface area (Å²) in [5, 5.41) is 5.76. The van der Waals surface area contributed by atoms with E-state index in [1.807, 2.05) is 11.1 Å². The van der Waals surface area contributed by atoms with Gasteiger partial charge in [0, 0.05) is 38.3 Å². The highest BCUT2D eigenvalue weighted by molar-refractivity contribution is 7.17. The maximum Gasteiger partial charge on any atom is 0.219 e. The number of amides is 1. The highest BCUT2D eigenvalue weighted by atomic mass is 32.1. The van der Waals surface area contributed by atoms with Gasteiger partial charge in [0.05, 0.1) is 10.2 Å². The standard InChI is InChI=1S/C16H21N3OS/c1-11(13-9-16-15(17-10-13)5-8-21-16)18-14-3-6-19(7-4-14)12(2)20/h5,8-11,14,18H,3-4,6-7H2,1-2H3. The number of aromatic nitrogens is 1. The van der Waals surface area contributed by atoms with Crippen molar-refractivity contribution in [3.05, 3.63) is 29.3 Å². The molecule has 5 heteroatoms. The fourth-order valence-corrected chi connectivity index (χ4v) is 3.70. The summed E-state index contributed by atoms with van der Waals surface area (Å²) >= 11 is 1.73. The second-order valence-electron chi connectivity index (χ2n) is 5.74. The van der Waals surface area contributed by atoms with E-state index in [2.05, 4.69) is 34.7 Å². The summed E-state index contributed by atoms with van der Waals surface area (Å²) in [5.74, 6) is 0.189. The molecule has 0 bridgehead atoms. The molecule has 21 heavy (non-hydrogen) atoms. The summed E-state index contributed by atoms with van der Waals surface area (Å²) in [4.78, 5) is 17.8. The van der Waals surface area contributed by atoms with E-state index in [0.717, 1.165) is 31.4 Å². The maximum absolute atomic E-state index is 11.3. The van der Waals surface area contributed by atoms with Crippen molar-refractivity contribution in [2.24, 2.45) is 0 Å². The van der Waals surface area contributed by atoms with Crippen LogP contribution in [0.2, 0.25) is 0 Å². The van der Waals surface area contributed by atoms with Crippen LogP contribution in [0.5, 0.6) is 0 Å². The summed E-state index contributed by atoms with van der Waals surface area (Å²) in [7, 11) is 0. The number of nitrogens with zero attached hydrogens (tertiary/aromatic N) is 2. The van der Waals surface area contributed by atoms with Gasteiger partial charge in [0.15, 0.2) is 0 Å². The van der Waals surface area contributed by atoms with Crippen molar-refractivity contribution >= 4 is 27.5 Å². The van der Waals surface area contributed by atoms with Crippen LogP contribution in [0.4, 0.5) is 0 Å². The molecule has 1 N–H and O–H groups in total. The van der Waals surface area contributed by atoms with Crippen molar-refractivity contribution in [1.82, 2.24) is 15.2 Å². The summed E-state index contributed by atoms with van der Waals surface area (Å²) in [5.41, 5.74) is 2.31. The van der Waals surface area contributed by atoms with Gasteiger partial charge < -0.3 is 10.2 Å². The van der Waals surface area contributed by atoms with E-state index in [1.165, 1.54) is 10.3 Å². The zero-order valence-corrected chi connectivity index (χ0v) is 13.3. The second kappa shape index (κ2) is 6.12. The number of carbonyl (C=O) groups is 1. The third kappa shape index (κ3) is 3.24. The van der Waals surface area contributed by atoms with Gasteiger partial charge in [0.1, 0.15) is 0 Å². The minimum absolute atomic E-state index is 0.189. The summed E-state index contributed by atoms with van der Waals surface area (Å²) in [6.07, 6.45) is 4.02. The van der Waals surface area contributed by atoms with Crippen LogP contribution in [0.15, 0.2) is 23.7 Å². The Morgan fingerprint density at radius 2 is 2.24 bits per heavy atom. The molecular weight excluding hydrogens is 282 g/mol. The number of hydrogen-bond donors (Lipinski definition) is 1. The maximum atomic E-state index is 11.3. The van der Waals surface area contributed by atoms with Gasteiger partial charge in [-0.25, -0.2) is 0 Å². The van der Waals surface area contributed by atoms with Crippen molar-refractivity contribution in [3.63, 3.8) is 0 Å². The van der Waals surface area contributed by atoms with Gasteiger partial charge in [-0.05, 0) is 42.8 Å². The molecule has 3 heterocycles. The van der Waals surface area contributed by atoms with Gasteiger partial charge >= 0.3 is 0 Å². The number of thiophene rings is 1. The topological polar surface area (TPSA) is 45.2 Å². The van der Waals surface area contributed by atoms with E-state index in [1.54, 1.807) is 18.3 Å². The highest BCUT2D eigenvalue weighted by Crippen LogP contribution is 2.23. The quantitative estimate of drug-likeness (QED) is 0.948. The summed E-state index contributed by atoms with van der Waals surface area (Å²) < 4.78 is 1.24. The zero-order chi connectivity index (χ0) is 14.8. The molecule has 1 atom stereocenters. The number of nitrogens with one attached hydrogen (secondary N) is 1. The molecule has 3 rings (SSSR count). The van der Waals surface area contributed by atoms with Gasteiger partial charge in [-0.3, -0.25) is 9.78 Å². The van der Waals surface area contributed by atoms with Crippen LogP contribution in [0, 0.1) is 0 Å². The van der Waals surface area contributed by atoms with E-state index in [9.17, 15) is 4.79 Å². The first-order valence-electron chi connectivity index (χ1n) is 7.48. The minimum atomic E-state index is 0.189. The van der Waals surface area contributed by atoms with Crippen molar-refractivity contribution in [2.45, 2.75) is 38.8 Å². The largest absolute Gasteiger partial charge is 0.343 e. The number of carbonyl (C=O) groups excluding carboxylic acids is 1. The predicted octanol–water partition coefficient (Wildman–Crippen LogP) is 2.96. The highest BCUT2D eigenvalue weighted by Gasteiger charge is 2.22. The van der Waals surface area contributed by atoms with Crippen LogP contribution >= 0.6 is 11.3 Å². The van der Waals surface area contributed by atoms with E-state index in [4.69, 9.17) is 0 Å². The van der Waals surface area contributed by atoms with Crippen LogP contribution in [-0.4, -0.2) is 34.9 Å². The van der Waals surface area contributed by atoms with Gasteiger partial charge in [-0.15, -0.1) is 11.3 Å². The van der Waals surface area contributed by atoms with E-state index < -0.39 is 0 Å². The molecule has 1 amide bonds. The van der Waals surface area contributed by atoms with Crippen molar-refractivity contribution in [2.75, 3.05) is 13.1 Å². The van der Waals surface area contributed by atoms with Crippen LogP contribution in [0.1, 0.15) is 38.3 Å². The van der Waals surface area contributed by atoms with E-state index in [-0.39, 0.29) is 11.9 Å². The molecule has 0 aliphatic carbocycles. The van der Waals surface area contributed by atoms with Gasteiger partial charge in [-0.2, -0.15) is 0 Å². The number of pyridine rings is 1. The lowest BCUT2D eigenvalue weighted by Crippen LogP contribution is -2.44. The summed E-state index contributed by atoms with van der Waals surface area (Å²) in [6, 6.07) is 5.06. The van der Waals surface area contributed by atoms with Crippen LogP contribution in [0.3, 0.4) is 0 Å². The molecule has 1 fully saturated rings. The van der Waals surface area contributed by atoms with Crippen LogP contribution in [-0.2, 0) is 4.79 Å². The fourth-order valence-electron chi connectivity index (χ4n) is 2.91. The molecule has 0 saturated carbocycles. The number of likely N-dealkylation sites (tertiary alicyclic amines) is 1. The Kier molecular flexibility index (Phi) is 4.22. The monoisotopic (exact) mass is 303 g/mol. The molecule has 1 unspecified atom stereocenters. The normalized spacial score (nSPS) is 18.1. The molecule has 112 valence electrons. The van der Waals surface area contributed by atoms with Gasteiger partial charge in [-0.1, -0.05) is 0 Å². The molecule has 0 radical (unpaired) electrons. The first-order chi connectivity index (χ1) is 10.1. The lowest BCUT2D eigenvalue weighted by atomic mass is 10.0. The van der Waals surface area contributed by atoms with Gasteiger partial charge in [0.2, 0.25) is 5.91 Å². The lowest BCUT2D eigenvalue weighted by molar-refractivity contribution is -0.129. The van der Waals surface area contributed by atoms with Crippen molar-refractivity contribution < 1.29 is 4.79 Å². The van der Waals surface area contributed by atoms with Crippen LogP contribution in [0.25, 0.3) is 10.2 Å². The second-order valence-corrected chi connectivity index (χ2v) is 6.69. The molecule has 4 nitrogen and oxygen atoms in total. The third-order valence-electron chi connectivity index (χ3n) is 4.25. The summed E-state index contributed by atoms with van der Waals surface area (Å²) in [6.45, 7) is 5.57. The SMILES string of the molecule is CC(=O)N1CCC(NC(C)c2cnc3ccsc3c2)CC1. The minimum Gasteiger partial charge on any atom is -0.343 e. The lowest BCUT2D eigenvalue weighted by Gasteiger charge is -2.33. The number of piperidine rings is 1. The number of fused-ring (bicyclic) bond motifs is 1. The van der Waals surface area contributed by atoms with Gasteiger partial charge in [0.25, 0.3) is 0 Å². The Morgan fingerprint density at radius 3 is 2.95 bits per heavy atom. The van der Waals surface area contributed by atoms with Crippen LogP contribution < -0.4 is 5.32 Å². The average Bonchev–Trinajstić information content (AvgIpc) is 2.95. The van der Waals surface area contributed by atoms with Crippen molar-refractivity contribution in [3.8, 4) is 0 Å². The average molecular weight is 303 g/mol. The molecule has 2 aromatic rings. The molecule has 0 aromatic carbocycles. The van der Waals surface area contributed by atoms with E-state index in [0.29, 0.717) is 6.04 Å². The first-order valence-corrected chi connectivity index (χ1v) is 8.36. The zero-order valence-electron chi connectivity index (χ0n) is 12.5. The smallest absolute Gasteiger partial charge is 0.219 e. The number of rotatable bonds is 3.